The average Bonchev–Trinajstić information content (AvgIpc) is 2.46. The van der Waals surface area contributed by atoms with Gasteiger partial charge in [0.05, 0.1) is 17.0 Å². The van der Waals surface area contributed by atoms with Gasteiger partial charge in [-0.3, -0.25) is 4.79 Å². The lowest BCUT2D eigenvalue weighted by Gasteiger charge is -2.02. The number of carbonyl (C=O) groups is 1. The lowest BCUT2D eigenvalue weighted by atomic mass is 10.2. The van der Waals surface area contributed by atoms with Crippen molar-refractivity contribution in [3.05, 3.63) is 51.3 Å². The van der Waals surface area contributed by atoms with Gasteiger partial charge in [-0.25, -0.2) is 15.4 Å². The number of nitrogens with zero attached hydrogens (tertiary/aromatic N) is 3. The van der Waals surface area contributed by atoms with E-state index in [1.54, 1.807) is 18.2 Å². The molecule has 0 aliphatic heterocycles. The van der Waals surface area contributed by atoms with Gasteiger partial charge in [0.15, 0.2) is 5.16 Å². The first kappa shape index (κ1) is 17.7. The fourth-order valence-electron chi connectivity index (χ4n) is 1.70. The lowest BCUT2D eigenvalue weighted by molar-refractivity contribution is -0.118. The molecular weight excluding hydrogens is 355 g/mol. The molecule has 2 aromatic rings. The maximum Gasteiger partial charge on any atom is 0.250 e. The van der Waals surface area contributed by atoms with Crippen LogP contribution in [0.25, 0.3) is 0 Å². The fraction of sp³-hybridized carbons (Fsp3) is 0.200. The van der Waals surface area contributed by atoms with Gasteiger partial charge < -0.3 is 0 Å². The molecule has 5 nitrogen and oxygen atoms in total. The summed E-state index contributed by atoms with van der Waals surface area (Å²) in [6.45, 7) is 3.78. The van der Waals surface area contributed by atoms with Crippen molar-refractivity contribution in [2.24, 2.45) is 5.10 Å². The van der Waals surface area contributed by atoms with Crippen LogP contribution in [0.3, 0.4) is 0 Å². The van der Waals surface area contributed by atoms with E-state index in [9.17, 15) is 4.79 Å². The highest BCUT2D eigenvalue weighted by atomic mass is 35.5. The molecule has 0 unspecified atom stereocenters. The molecule has 0 bridgehead atoms. The van der Waals surface area contributed by atoms with Gasteiger partial charge >= 0.3 is 0 Å². The van der Waals surface area contributed by atoms with Crippen LogP contribution >= 0.6 is 35.0 Å². The van der Waals surface area contributed by atoms with E-state index >= 15 is 0 Å². The number of nitrogens with one attached hydrogen (secondary N) is 1. The lowest BCUT2D eigenvalue weighted by Crippen LogP contribution is -2.19. The normalized spacial score (nSPS) is 11.0. The van der Waals surface area contributed by atoms with E-state index in [0.29, 0.717) is 20.8 Å². The van der Waals surface area contributed by atoms with Crippen LogP contribution in [0.2, 0.25) is 10.0 Å². The van der Waals surface area contributed by atoms with Gasteiger partial charge in [-0.1, -0.05) is 41.0 Å². The molecule has 23 heavy (non-hydrogen) atoms. The van der Waals surface area contributed by atoms with Crippen molar-refractivity contribution >= 4 is 47.1 Å². The Morgan fingerprint density at radius 2 is 1.96 bits per heavy atom. The van der Waals surface area contributed by atoms with E-state index in [4.69, 9.17) is 23.2 Å². The predicted octanol–water partition coefficient (Wildman–Crippen LogP) is 3.64. The molecule has 0 aliphatic carbocycles. The molecule has 0 fully saturated rings. The Bertz CT molecular complexity index is 732. The van der Waals surface area contributed by atoms with Crippen LogP contribution in [0.1, 0.15) is 17.0 Å². The summed E-state index contributed by atoms with van der Waals surface area (Å²) in [7, 11) is 0. The standard InChI is InChI=1S/C15H14Cl2N4OS/c1-9-5-10(2)20-15(19-9)23-8-14(22)21-18-7-11-3-4-12(16)6-13(11)17/h3-7H,8H2,1-2H3,(H,21,22)/b18-7-. The number of halogens is 2. The molecule has 1 heterocycles. The maximum atomic E-state index is 11.8. The van der Waals surface area contributed by atoms with Crippen molar-refractivity contribution in [1.29, 1.82) is 0 Å². The number of thioether (sulfide) groups is 1. The highest BCUT2D eigenvalue weighted by Crippen LogP contribution is 2.19. The van der Waals surface area contributed by atoms with Crippen LogP contribution in [0.5, 0.6) is 0 Å². The smallest absolute Gasteiger partial charge is 0.250 e. The molecule has 8 heteroatoms. The first-order valence-electron chi connectivity index (χ1n) is 6.66. The maximum absolute atomic E-state index is 11.8. The number of hydrazone groups is 1. The van der Waals surface area contributed by atoms with Gasteiger partial charge in [-0.2, -0.15) is 5.10 Å². The number of aryl methyl sites for hydroxylation is 2. The van der Waals surface area contributed by atoms with Gasteiger partial charge in [0.25, 0.3) is 5.91 Å². The quantitative estimate of drug-likeness (QED) is 0.378. The third-order valence-corrected chi connectivity index (χ3v) is 4.06. The van der Waals surface area contributed by atoms with E-state index in [1.807, 2.05) is 19.9 Å². The summed E-state index contributed by atoms with van der Waals surface area (Å²) in [5, 5.41) is 5.45. The van der Waals surface area contributed by atoms with Gasteiger partial charge in [0.1, 0.15) is 0 Å². The zero-order valence-corrected chi connectivity index (χ0v) is 14.8. The number of hydrogen-bond acceptors (Lipinski definition) is 5. The Labute approximate surface area is 148 Å². The molecule has 0 saturated heterocycles. The van der Waals surface area contributed by atoms with E-state index in [-0.39, 0.29) is 11.7 Å². The minimum Gasteiger partial charge on any atom is -0.272 e. The second kappa shape index (κ2) is 8.29. The van der Waals surface area contributed by atoms with Gasteiger partial charge in [0.2, 0.25) is 0 Å². The van der Waals surface area contributed by atoms with E-state index < -0.39 is 0 Å². The first-order chi connectivity index (χ1) is 10.9. The highest BCUT2D eigenvalue weighted by Gasteiger charge is 2.05. The number of hydrogen-bond donors (Lipinski definition) is 1. The average molecular weight is 369 g/mol. The Morgan fingerprint density at radius 3 is 2.61 bits per heavy atom. The monoisotopic (exact) mass is 368 g/mol. The topological polar surface area (TPSA) is 67.2 Å². The summed E-state index contributed by atoms with van der Waals surface area (Å²) >= 11 is 13.1. The zero-order valence-electron chi connectivity index (χ0n) is 12.5. The number of carbonyl (C=O) groups excluding carboxylic acids is 1. The minimum absolute atomic E-state index is 0.175. The summed E-state index contributed by atoms with van der Waals surface area (Å²) in [5.41, 5.74) is 4.85. The fourth-order valence-corrected chi connectivity index (χ4v) is 2.90. The number of amides is 1. The third-order valence-electron chi connectivity index (χ3n) is 2.65. The summed E-state index contributed by atoms with van der Waals surface area (Å²) in [5.74, 6) is -0.0757. The summed E-state index contributed by atoms with van der Waals surface area (Å²) < 4.78 is 0. The van der Waals surface area contributed by atoms with Crippen molar-refractivity contribution in [3.63, 3.8) is 0 Å². The molecule has 1 N–H and O–H groups in total. The molecule has 0 atom stereocenters. The molecule has 1 aromatic heterocycles. The van der Waals surface area contributed by atoms with Crippen LogP contribution in [0.15, 0.2) is 34.5 Å². The van der Waals surface area contributed by atoms with Gasteiger partial charge in [-0.05, 0) is 32.0 Å². The minimum atomic E-state index is -0.251. The van der Waals surface area contributed by atoms with Crippen molar-refractivity contribution in [2.75, 3.05) is 5.75 Å². The Kier molecular flexibility index (Phi) is 6.38. The molecule has 120 valence electrons. The second-order valence-electron chi connectivity index (χ2n) is 4.68. The third kappa shape index (κ3) is 5.82. The summed E-state index contributed by atoms with van der Waals surface area (Å²) in [4.78, 5) is 20.3. The highest BCUT2D eigenvalue weighted by molar-refractivity contribution is 7.99. The van der Waals surface area contributed by atoms with E-state index in [2.05, 4.69) is 20.5 Å². The predicted molar refractivity (Wildman–Crippen MR) is 94.4 cm³/mol. The van der Waals surface area contributed by atoms with Crippen LogP contribution in [0, 0.1) is 13.8 Å². The Morgan fingerprint density at radius 1 is 1.26 bits per heavy atom. The van der Waals surface area contributed by atoms with Gasteiger partial charge in [0, 0.05) is 22.0 Å². The largest absolute Gasteiger partial charge is 0.272 e. The summed E-state index contributed by atoms with van der Waals surface area (Å²) in [6, 6.07) is 6.91. The molecule has 1 aromatic carbocycles. The van der Waals surface area contributed by atoms with E-state index in [1.165, 1.54) is 18.0 Å². The van der Waals surface area contributed by atoms with Crippen molar-refractivity contribution in [2.45, 2.75) is 19.0 Å². The summed E-state index contributed by atoms with van der Waals surface area (Å²) in [6.07, 6.45) is 1.47. The molecule has 0 radical (unpaired) electrons. The SMILES string of the molecule is Cc1cc(C)nc(SCC(=O)N/N=C\c2ccc(Cl)cc2Cl)n1. The number of benzene rings is 1. The van der Waals surface area contributed by atoms with Crippen molar-refractivity contribution in [1.82, 2.24) is 15.4 Å². The molecule has 1 amide bonds. The first-order valence-corrected chi connectivity index (χ1v) is 8.40. The Balaban J connectivity index is 1.86. The zero-order chi connectivity index (χ0) is 16.8. The molecule has 2 rings (SSSR count). The molecule has 0 aliphatic rings. The molecular formula is C15H14Cl2N4OS. The van der Waals surface area contributed by atoms with Crippen molar-refractivity contribution in [3.8, 4) is 0 Å². The van der Waals surface area contributed by atoms with Crippen LogP contribution in [-0.2, 0) is 4.79 Å². The van der Waals surface area contributed by atoms with E-state index in [0.717, 1.165) is 11.4 Å². The molecule has 0 saturated carbocycles. The van der Waals surface area contributed by atoms with Crippen LogP contribution < -0.4 is 5.43 Å². The molecule has 0 spiro atoms. The van der Waals surface area contributed by atoms with Crippen molar-refractivity contribution < 1.29 is 4.79 Å². The number of aromatic nitrogens is 2. The van der Waals surface area contributed by atoms with Crippen LogP contribution in [0.4, 0.5) is 0 Å². The van der Waals surface area contributed by atoms with Crippen LogP contribution in [-0.4, -0.2) is 27.8 Å². The second-order valence-corrected chi connectivity index (χ2v) is 6.47. The Hall–Kier alpha value is -1.63. The van der Waals surface area contributed by atoms with Gasteiger partial charge in [-0.15, -0.1) is 0 Å². The number of rotatable bonds is 5.